The molecule has 0 aromatic heterocycles. The van der Waals surface area contributed by atoms with E-state index in [4.69, 9.17) is 4.74 Å². The molecule has 0 saturated carbocycles. The Morgan fingerprint density at radius 1 is 1.16 bits per heavy atom. The number of ether oxygens (including phenoxy) is 1. The number of esters is 1. The molecule has 0 aromatic carbocycles. The van der Waals surface area contributed by atoms with Crippen LogP contribution in [0.25, 0.3) is 0 Å². The summed E-state index contributed by atoms with van der Waals surface area (Å²) < 4.78 is 5.36. The molecule has 0 aliphatic carbocycles. The maximum atomic E-state index is 11.9. The third kappa shape index (κ3) is 6.92. The lowest BCUT2D eigenvalue weighted by Crippen LogP contribution is -2.50. The zero-order chi connectivity index (χ0) is 13.9. The Bertz CT molecular complexity index is 240. The van der Waals surface area contributed by atoms with E-state index in [-0.39, 0.29) is 12.0 Å². The number of rotatable bonds is 9. The highest BCUT2D eigenvalue weighted by atomic mass is 16.5. The zero-order valence-corrected chi connectivity index (χ0v) is 12.6. The van der Waals surface area contributed by atoms with Gasteiger partial charge in [0.2, 0.25) is 0 Å². The molecular formula is C15H30N2O2. The molecule has 0 bridgehead atoms. The SMILES string of the molecule is CCCCCCCCOC(=O)C(C)N1CCNCC1. The maximum Gasteiger partial charge on any atom is 0.323 e. The lowest BCUT2D eigenvalue weighted by molar-refractivity contribution is -0.149. The van der Waals surface area contributed by atoms with Crippen LogP contribution in [0.15, 0.2) is 0 Å². The molecule has 112 valence electrons. The summed E-state index contributed by atoms with van der Waals surface area (Å²) in [6.45, 7) is 8.57. The maximum absolute atomic E-state index is 11.9. The van der Waals surface area contributed by atoms with Crippen LogP contribution in [0.4, 0.5) is 0 Å². The van der Waals surface area contributed by atoms with Crippen LogP contribution in [0.5, 0.6) is 0 Å². The van der Waals surface area contributed by atoms with Crippen molar-refractivity contribution in [1.82, 2.24) is 10.2 Å². The summed E-state index contributed by atoms with van der Waals surface area (Å²) in [6, 6.07) is -0.0952. The number of hydrogen-bond acceptors (Lipinski definition) is 4. The van der Waals surface area contributed by atoms with Gasteiger partial charge < -0.3 is 10.1 Å². The average Bonchev–Trinajstić information content (AvgIpc) is 2.46. The molecule has 4 nitrogen and oxygen atoms in total. The van der Waals surface area contributed by atoms with Crippen molar-refractivity contribution in [3.8, 4) is 0 Å². The summed E-state index contributed by atoms with van der Waals surface area (Å²) in [5.41, 5.74) is 0. The molecule has 1 heterocycles. The first-order valence-corrected chi connectivity index (χ1v) is 7.87. The minimum absolute atomic E-state index is 0.0598. The smallest absolute Gasteiger partial charge is 0.323 e. The number of unbranched alkanes of at least 4 members (excludes halogenated alkanes) is 5. The third-order valence-corrected chi connectivity index (χ3v) is 3.78. The predicted octanol–water partition coefficient (Wildman–Crippen LogP) is 2.18. The standard InChI is InChI=1S/C15H30N2O2/c1-3-4-5-6-7-8-13-19-15(18)14(2)17-11-9-16-10-12-17/h14,16H,3-13H2,1-2H3. The predicted molar refractivity (Wildman–Crippen MR) is 78.2 cm³/mol. The van der Waals surface area contributed by atoms with Gasteiger partial charge in [-0.25, -0.2) is 0 Å². The highest BCUT2D eigenvalue weighted by Gasteiger charge is 2.23. The molecule has 1 saturated heterocycles. The largest absolute Gasteiger partial charge is 0.465 e. The second kappa shape index (κ2) is 10.2. The Hall–Kier alpha value is -0.610. The van der Waals surface area contributed by atoms with Gasteiger partial charge in [-0.1, -0.05) is 39.0 Å². The van der Waals surface area contributed by atoms with Gasteiger partial charge in [0.25, 0.3) is 0 Å². The van der Waals surface area contributed by atoms with Gasteiger partial charge in [0.15, 0.2) is 0 Å². The number of carbonyl (C=O) groups is 1. The Morgan fingerprint density at radius 2 is 1.79 bits per heavy atom. The van der Waals surface area contributed by atoms with Gasteiger partial charge >= 0.3 is 5.97 Å². The first-order chi connectivity index (χ1) is 9.25. The normalized spacial score (nSPS) is 18.2. The van der Waals surface area contributed by atoms with Crippen molar-refractivity contribution in [2.24, 2.45) is 0 Å². The van der Waals surface area contributed by atoms with Crippen LogP contribution in [0.2, 0.25) is 0 Å². The highest BCUT2D eigenvalue weighted by Crippen LogP contribution is 2.07. The van der Waals surface area contributed by atoms with E-state index in [1.54, 1.807) is 0 Å². The van der Waals surface area contributed by atoms with Crippen LogP contribution in [0, 0.1) is 0 Å². The van der Waals surface area contributed by atoms with E-state index in [1.807, 2.05) is 6.92 Å². The molecule has 1 aliphatic rings. The van der Waals surface area contributed by atoms with Crippen molar-refractivity contribution < 1.29 is 9.53 Å². The average molecular weight is 270 g/mol. The summed E-state index contributed by atoms with van der Waals surface area (Å²) in [6.07, 6.45) is 7.34. The third-order valence-electron chi connectivity index (χ3n) is 3.78. The molecule has 1 atom stereocenters. The fourth-order valence-electron chi connectivity index (χ4n) is 2.39. The number of nitrogens with zero attached hydrogens (tertiary/aromatic N) is 1. The summed E-state index contributed by atoms with van der Waals surface area (Å²) >= 11 is 0. The summed E-state index contributed by atoms with van der Waals surface area (Å²) in [5, 5.41) is 3.29. The highest BCUT2D eigenvalue weighted by molar-refractivity contribution is 5.75. The molecule has 1 N–H and O–H groups in total. The molecule has 0 amide bonds. The summed E-state index contributed by atoms with van der Waals surface area (Å²) in [5.74, 6) is -0.0598. The summed E-state index contributed by atoms with van der Waals surface area (Å²) in [7, 11) is 0. The Balaban J connectivity index is 2.03. The molecule has 0 radical (unpaired) electrons. The Kier molecular flexibility index (Phi) is 8.84. The van der Waals surface area contributed by atoms with Gasteiger partial charge in [-0.3, -0.25) is 9.69 Å². The van der Waals surface area contributed by atoms with Gasteiger partial charge in [-0.05, 0) is 13.3 Å². The van der Waals surface area contributed by atoms with Gasteiger partial charge in [0.1, 0.15) is 6.04 Å². The van der Waals surface area contributed by atoms with Crippen LogP contribution in [0.3, 0.4) is 0 Å². The molecule has 1 fully saturated rings. The zero-order valence-electron chi connectivity index (χ0n) is 12.6. The summed E-state index contributed by atoms with van der Waals surface area (Å²) in [4.78, 5) is 14.1. The number of nitrogens with one attached hydrogen (secondary N) is 1. The Labute approximate surface area is 117 Å². The number of hydrogen-bond donors (Lipinski definition) is 1. The van der Waals surface area contributed by atoms with Gasteiger partial charge in [-0.2, -0.15) is 0 Å². The molecule has 1 unspecified atom stereocenters. The first kappa shape index (κ1) is 16.4. The van der Waals surface area contributed by atoms with Crippen LogP contribution < -0.4 is 5.32 Å². The van der Waals surface area contributed by atoms with E-state index in [0.29, 0.717) is 6.61 Å². The van der Waals surface area contributed by atoms with Crippen LogP contribution in [-0.4, -0.2) is 49.7 Å². The molecule has 1 aliphatic heterocycles. The van der Waals surface area contributed by atoms with Crippen molar-refractivity contribution in [2.45, 2.75) is 58.4 Å². The number of carbonyl (C=O) groups excluding carboxylic acids is 1. The quantitative estimate of drug-likeness (QED) is 0.515. The van der Waals surface area contributed by atoms with Crippen molar-refractivity contribution in [2.75, 3.05) is 32.8 Å². The van der Waals surface area contributed by atoms with Gasteiger partial charge in [-0.15, -0.1) is 0 Å². The molecular weight excluding hydrogens is 240 g/mol. The topological polar surface area (TPSA) is 41.6 Å². The lowest BCUT2D eigenvalue weighted by atomic mass is 10.1. The van der Waals surface area contributed by atoms with Gasteiger partial charge in [0.05, 0.1) is 6.61 Å². The van der Waals surface area contributed by atoms with E-state index in [0.717, 1.165) is 32.6 Å². The monoisotopic (exact) mass is 270 g/mol. The first-order valence-electron chi connectivity index (χ1n) is 7.87. The fraction of sp³-hybridized carbons (Fsp3) is 0.933. The van der Waals surface area contributed by atoms with E-state index >= 15 is 0 Å². The molecule has 0 spiro atoms. The number of piperazine rings is 1. The molecule has 4 heteroatoms. The van der Waals surface area contributed by atoms with Crippen LogP contribution >= 0.6 is 0 Å². The lowest BCUT2D eigenvalue weighted by Gasteiger charge is -2.31. The minimum atomic E-state index is -0.0952. The van der Waals surface area contributed by atoms with Crippen molar-refractivity contribution in [3.63, 3.8) is 0 Å². The second-order valence-electron chi connectivity index (χ2n) is 5.40. The van der Waals surface area contributed by atoms with E-state index < -0.39 is 0 Å². The second-order valence-corrected chi connectivity index (χ2v) is 5.40. The van der Waals surface area contributed by atoms with Crippen LogP contribution in [-0.2, 0) is 9.53 Å². The van der Waals surface area contributed by atoms with E-state index in [9.17, 15) is 4.79 Å². The van der Waals surface area contributed by atoms with E-state index in [2.05, 4.69) is 17.1 Å². The van der Waals surface area contributed by atoms with E-state index in [1.165, 1.54) is 32.1 Å². The minimum Gasteiger partial charge on any atom is -0.465 e. The van der Waals surface area contributed by atoms with Crippen molar-refractivity contribution in [3.05, 3.63) is 0 Å². The van der Waals surface area contributed by atoms with Crippen molar-refractivity contribution in [1.29, 1.82) is 0 Å². The van der Waals surface area contributed by atoms with Crippen LogP contribution in [0.1, 0.15) is 52.4 Å². The fourth-order valence-corrected chi connectivity index (χ4v) is 2.39. The molecule has 1 rings (SSSR count). The van der Waals surface area contributed by atoms with Gasteiger partial charge in [0, 0.05) is 26.2 Å². The van der Waals surface area contributed by atoms with Crippen molar-refractivity contribution >= 4 is 5.97 Å². The Morgan fingerprint density at radius 3 is 2.47 bits per heavy atom. The molecule has 19 heavy (non-hydrogen) atoms. The molecule has 0 aromatic rings.